The van der Waals surface area contributed by atoms with Gasteiger partial charge in [0.25, 0.3) is 5.60 Å². The van der Waals surface area contributed by atoms with Crippen LogP contribution in [0.15, 0.2) is 0 Å². The summed E-state index contributed by atoms with van der Waals surface area (Å²) in [5, 5.41) is 19.5. The van der Waals surface area contributed by atoms with Gasteiger partial charge in [-0.05, 0) is 38.0 Å². The summed E-state index contributed by atoms with van der Waals surface area (Å²) in [6, 6.07) is 0. The normalized spacial score (nSPS) is 44.3. The fourth-order valence-electron chi connectivity index (χ4n) is 4.77. The third kappa shape index (κ3) is 1.81. The van der Waals surface area contributed by atoms with Gasteiger partial charge in [0.2, 0.25) is 0 Å². The molecule has 0 spiro atoms. The number of alkyl halides is 6. The Labute approximate surface area is 122 Å². The maximum absolute atomic E-state index is 12.7. The predicted molar refractivity (Wildman–Crippen MR) is 60.7 cm³/mol. The largest absolute Gasteiger partial charge is 0.428 e. The maximum atomic E-state index is 12.7. The molecule has 0 aromatic rings. The van der Waals surface area contributed by atoms with Crippen molar-refractivity contribution in [2.75, 3.05) is 6.61 Å². The summed E-state index contributed by atoms with van der Waals surface area (Å²) in [4.78, 5) is 0. The Morgan fingerprint density at radius 3 is 1.95 bits per heavy atom. The van der Waals surface area contributed by atoms with Gasteiger partial charge in [-0.25, -0.2) is 0 Å². The molecule has 0 saturated heterocycles. The van der Waals surface area contributed by atoms with Crippen molar-refractivity contribution in [3.8, 4) is 0 Å². The van der Waals surface area contributed by atoms with E-state index in [1.54, 1.807) is 0 Å². The highest BCUT2D eigenvalue weighted by Gasteiger charge is 2.76. The second-order valence-corrected chi connectivity index (χ2v) is 6.99. The van der Waals surface area contributed by atoms with E-state index in [0.29, 0.717) is 19.3 Å². The van der Waals surface area contributed by atoms with Gasteiger partial charge >= 0.3 is 12.4 Å². The molecule has 5 unspecified atom stereocenters. The van der Waals surface area contributed by atoms with Crippen LogP contribution in [0.25, 0.3) is 0 Å². The number of aliphatic hydroxyl groups is 2. The van der Waals surface area contributed by atoms with E-state index in [0.717, 1.165) is 0 Å². The zero-order valence-corrected chi connectivity index (χ0v) is 11.6. The van der Waals surface area contributed by atoms with Crippen LogP contribution in [0.2, 0.25) is 0 Å². The minimum atomic E-state index is -5.89. The molecule has 128 valence electrons. The summed E-state index contributed by atoms with van der Waals surface area (Å²) in [6.45, 7) is -0.473. The Morgan fingerprint density at radius 2 is 1.64 bits per heavy atom. The number of hydrogen-bond acceptors (Lipinski definition) is 3. The standard InChI is InChI=1S/C13H16F6O3/c1-9(7-4-10(20)3-6(7)2-8(9)10)22-5-11(21,12(14,15)16)13(17,18)19/h6-8,20-21H,2-5H2,1H3. The number of halogens is 6. The second kappa shape index (κ2) is 4.10. The fraction of sp³-hybridized carbons (Fsp3) is 1.00. The average molecular weight is 334 g/mol. The Bertz CT molecular complexity index is 475. The molecule has 4 rings (SSSR count). The molecule has 4 aliphatic rings. The molecule has 0 aromatic heterocycles. The molecule has 0 aliphatic heterocycles. The molecule has 22 heavy (non-hydrogen) atoms. The van der Waals surface area contributed by atoms with E-state index in [1.165, 1.54) is 6.92 Å². The van der Waals surface area contributed by atoms with Crippen LogP contribution in [0.3, 0.4) is 0 Å². The highest BCUT2D eigenvalue weighted by atomic mass is 19.4. The van der Waals surface area contributed by atoms with E-state index in [4.69, 9.17) is 9.84 Å². The van der Waals surface area contributed by atoms with Crippen LogP contribution in [-0.2, 0) is 4.74 Å². The van der Waals surface area contributed by atoms with E-state index >= 15 is 0 Å². The molecule has 0 heterocycles. The van der Waals surface area contributed by atoms with Gasteiger partial charge < -0.3 is 14.9 Å². The zero-order chi connectivity index (χ0) is 16.8. The molecule has 5 atom stereocenters. The smallest absolute Gasteiger partial charge is 0.389 e. The molecular formula is C13H16F6O3. The third-order valence-electron chi connectivity index (χ3n) is 5.90. The molecule has 4 bridgehead atoms. The molecule has 3 nitrogen and oxygen atoms in total. The van der Waals surface area contributed by atoms with Crippen LogP contribution in [0.4, 0.5) is 26.3 Å². The molecular weight excluding hydrogens is 318 g/mol. The van der Waals surface area contributed by atoms with E-state index in [9.17, 15) is 31.4 Å². The Balaban J connectivity index is 1.81. The molecule has 4 aliphatic carbocycles. The lowest BCUT2D eigenvalue weighted by Gasteiger charge is -2.40. The highest BCUT2D eigenvalue weighted by molar-refractivity contribution is 5.23. The summed E-state index contributed by atoms with van der Waals surface area (Å²) >= 11 is 0. The summed E-state index contributed by atoms with van der Waals surface area (Å²) in [6.07, 6.45) is -10.4. The third-order valence-corrected chi connectivity index (χ3v) is 5.90. The monoisotopic (exact) mass is 334 g/mol. The van der Waals surface area contributed by atoms with Gasteiger partial charge in [-0.15, -0.1) is 0 Å². The van der Waals surface area contributed by atoms with Gasteiger partial charge in [-0.3, -0.25) is 0 Å². The van der Waals surface area contributed by atoms with Crippen LogP contribution in [0.1, 0.15) is 26.2 Å². The van der Waals surface area contributed by atoms with Crippen molar-refractivity contribution in [3.05, 3.63) is 0 Å². The first-order valence-corrected chi connectivity index (χ1v) is 6.97. The summed E-state index contributed by atoms with van der Waals surface area (Å²) in [7, 11) is 0. The lowest BCUT2D eigenvalue weighted by molar-refractivity contribution is -0.384. The zero-order valence-electron chi connectivity index (χ0n) is 11.6. The Morgan fingerprint density at radius 1 is 1.09 bits per heavy atom. The van der Waals surface area contributed by atoms with Crippen LogP contribution >= 0.6 is 0 Å². The van der Waals surface area contributed by atoms with E-state index < -0.39 is 41.7 Å². The van der Waals surface area contributed by atoms with Crippen molar-refractivity contribution in [2.45, 2.75) is 55.3 Å². The number of hydrogen-bond donors (Lipinski definition) is 2. The van der Waals surface area contributed by atoms with Gasteiger partial charge in [-0.1, -0.05) is 0 Å². The van der Waals surface area contributed by atoms with Crippen molar-refractivity contribution < 1.29 is 41.3 Å². The lowest BCUT2D eigenvalue weighted by Crippen LogP contribution is -2.61. The maximum Gasteiger partial charge on any atom is 0.428 e. The quantitative estimate of drug-likeness (QED) is 0.780. The molecule has 0 radical (unpaired) electrons. The minimum absolute atomic E-state index is 0.0601. The number of rotatable bonds is 3. The first kappa shape index (κ1) is 16.3. The van der Waals surface area contributed by atoms with Crippen LogP contribution < -0.4 is 0 Å². The summed E-state index contributed by atoms with van der Waals surface area (Å²) in [5.74, 6) is -0.696. The van der Waals surface area contributed by atoms with Crippen LogP contribution in [-0.4, -0.2) is 46.0 Å². The topological polar surface area (TPSA) is 49.7 Å². The molecule has 4 fully saturated rings. The number of ether oxygens (including phenoxy) is 1. The van der Waals surface area contributed by atoms with Crippen molar-refractivity contribution >= 4 is 0 Å². The van der Waals surface area contributed by atoms with E-state index in [2.05, 4.69) is 0 Å². The van der Waals surface area contributed by atoms with Gasteiger partial charge in [0.05, 0.1) is 17.8 Å². The van der Waals surface area contributed by atoms with Gasteiger partial charge in [0, 0.05) is 5.92 Å². The van der Waals surface area contributed by atoms with Crippen molar-refractivity contribution in [3.63, 3.8) is 0 Å². The molecule has 0 amide bonds. The van der Waals surface area contributed by atoms with E-state index in [1.807, 2.05) is 0 Å². The first-order chi connectivity index (χ1) is 9.75. The molecule has 9 heteroatoms. The summed E-state index contributed by atoms with van der Waals surface area (Å²) < 4.78 is 81.0. The van der Waals surface area contributed by atoms with E-state index in [-0.39, 0.29) is 11.8 Å². The van der Waals surface area contributed by atoms with Gasteiger partial charge in [-0.2, -0.15) is 26.3 Å². The second-order valence-electron chi connectivity index (χ2n) is 6.99. The molecule has 4 saturated carbocycles. The van der Waals surface area contributed by atoms with Crippen LogP contribution in [0.5, 0.6) is 0 Å². The molecule has 2 N–H and O–H groups in total. The van der Waals surface area contributed by atoms with Gasteiger partial charge in [0.1, 0.15) is 0 Å². The highest BCUT2D eigenvalue weighted by Crippen LogP contribution is 2.70. The summed E-state index contributed by atoms with van der Waals surface area (Å²) in [5.41, 5.74) is -7.22. The van der Waals surface area contributed by atoms with Gasteiger partial charge in [0.15, 0.2) is 0 Å². The first-order valence-electron chi connectivity index (χ1n) is 6.97. The van der Waals surface area contributed by atoms with Crippen LogP contribution in [0, 0.1) is 17.8 Å². The predicted octanol–water partition coefficient (Wildman–Crippen LogP) is 2.41. The molecule has 0 aromatic carbocycles. The van der Waals surface area contributed by atoms with Crippen molar-refractivity contribution in [2.24, 2.45) is 17.8 Å². The fourth-order valence-corrected chi connectivity index (χ4v) is 4.77. The lowest BCUT2D eigenvalue weighted by atomic mass is 9.83. The Kier molecular flexibility index (Phi) is 3.04. The SMILES string of the molecule is CC1(OCC(O)(C(F)(F)F)C(F)(F)F)C2CC3(O)CC2CC31. The minimum Gasteiger partial charge on any atom is -0.389 e. The van der Waals surface area contributed by atoms with Crippen molar-refractivity contribution in [1.29, 1.82) is 0 Å². The Hall–Kier alpha value is -0.540. The average Bonchev–Trinajstić information content (AvgIpc) is 2.96. The van der Waals surface area contributed by atoms with Crippen molar-refractivity contribution in [1.82, 2.24) is 0 Å².